The summed E-state index contributed by atoms with van der Waals surface area (Å²) >= 11 is 2.29. The largest absolute Gasteiger partial charge is 0.462 e. The molecule has 2 rings (SSSR count). The Morgan fingerprint density at radius 3 is 3.00 bits per heavy atom. The molecule has 0 saturated heterocycles. The number of rotatable bonds is 0. The first-order valence-electron chi connectivity index (χ1n) is 4.15. The van der Waals surface area contributed by atoms with Crippen LogP contribution in [0.4, 0.5) is 0 Å². The standard InChI is InChI=1S/C10H9IO2/c1-6-2-3-8-7(9(6)11)4-5-13-10(8)12/h2-3H,4-5H2,1H3. The van der Waals surface area contributed by atoms with Gasteiger partial charge in [-0.25, -0.2) is 4.79 Å². The normalized spacial score (nSPS) is 15.1. The van der Waals surface area contributed by atoms with Crippen molar-refractivity contribution in [2.45, 2.75) is 13.3 Å². The van der Waals surface area contributed by atoms with Crippen LogP contribution in [0.1, 0.15) is 21.5 Å². The zero-order valence-corrected chi connectivity index (χ0v) is 9.42. The van der Waals surface area contributed by atoms with Crippen molar-refractivity contribution in [1.82, 2.24) is 0 Å². The number of ether oxygens (including phenoxy) is 1. The van der Waals surface area contributed by atoms with Gasteiger partial charge in [0.05, 0.1) is 12.2 Å². The first kappa shape index (κ1) is 8.99. The van der Waals surface area contributed by atoms with Gasteiger partial charge in [-0.05, 0) is 46.7 Å². The lowest BCUT2D eigenvalue weighted by Gasteiger charge is -2.17. The average molecular weight is 288 g/mol. The second-order valence-electron chi connectivity index (χ2n) is 3.11. The lowest BCUT2D eigenvalue weighted by atomic mass is 10.0. The van der Waals surface area contributed by atoms with Gasteiger partial charge in [-0.1, -0.05) is 6.07 Å². The summed E-state index contributed by atoms with van der Waals surface area (Å²) in [5.41, 5.74) is 3.12. The van der Waals surface area contributed by atoms with E-state index in [-0.39, 0.29) is 5.97 Å². The van der Waals surface area contributed by atoms with Crippen LogP contribution in [0.15, 0.2) is 12.1 Å². The maximum absolute atomic E-state index is 11.3. The minimum atomic E-state index is -0.181. The second kappa shape index (κ2) is 3.29. The molecule has 1 aromatic rings. The molecule has 0 N–H and O–H groups in total. The molecule has 0 atom stereocenters. The third kappa shape index (κ3) is 1.45. The number of carbonyl (C=O) groups excluding carboxylic acids is 1. The highest BCUT2D eigenvalue weighted by atomic mass is 127. The van der Waals surface area contributed by atoms with Crippen molar-refractivity contribution in [2.24, 2.45) is 0 Å². The molecule has 0 aliphatic carbocycles. The van der Waals surface area contributed by atoms with Gasteiger partial charge in [0.25, 0.3) is 0 Å². The van der Waals surface area contributed by atoms with Crippen LogP contribution in [0.2, 0.25) is 0 Å². The molecule has 1 aliphatic rings. The molecule has 0 fully saturated rings. The van der Waals surface area contributed by atoms with Gasteiger partial charge in [-0.2, -0.15) is 0 Å². The molecule has 68 valence electrons. The Hall–Kier alpha value is -0.580. The molecule has 1 aliphatic heterocycles. The van der Waals surface area contributed by atoms with E-state index >= 15 is 0 Å². The molecule has 3 heteroatoms. The monoisotopic (exact) mass is 288 g/mol. The number of benzene rings is 1. The first-order chi connectivity index (χ1) is 6.20. The number of fused-ring (bicyclic) bond motifs is 1. The molecule has 0 bridgehead atoms. The van der Waals surface area contributed by atoms with Gasteiger partial charge < -0.3 is 4.74 Å². The molecule has 0 spiro atoms. The number of cyclic esters (lactones) is 1. The number of halogens is 1. The van der Waals surface area contributed by atoms with Gasteiger partial charge >= 0.3 is 5.97 Å². The maximum Gasteiger partial charge on any atom is 0.338 e. The highest BCUT2D eigenvalue weighted by molar-refractivity contribution is 14.1. The summed E-state index contributed by atoms with van der Waals surface area (Å²) in [4.78, 5) is 11.3. The minimum absolute atomic E-state index is 0.181. The molecule has 0 unspecified atom stereocenters. The fourth-order valence-corrected chi connectivity index (χ4v) is 2.24. The quantitative estimate of drug-likeness (QED) is 0.541. The van der Waals surface area contributed by atoms with Crippen LogP contribution in [0.25, 0.3) is 0 Å². The number of hydrogen-bond acceptors (Lipinski definition) is 2. The number of esters is 1. The lowest BCUT2D eigenvalue weighted by molar-refractivity contribution is 0.0479. The van der Waals surface area contributed by atoms with Crippen molar-refractivity contribution in [3.05, 3.63) is 32.4 Å². The molecule has 0 radical (unpaired) electrons. The Morgan fingerprint density at radius 2 is 2.23 bits per heavy atom. The summed E-state index contributed by atoms with van der Waals surface area (Å²) in [6.45, 7) is 2.58. The van der Waals surface area contributed by atoms with Crippen molar-refractivity contribution >= 4 is 28.6 Å². The Morgan fingerprint density at radius 1 is 1.46 bits per heavy atom. The number of carbonyl (C=O) groups is 1. The van der Waals surface area contributed by atoms with Gasteiger partial charge in [-0.3, -0.25) is 0 Å². The highest BCUT2D eigenvalue weighted by Crippen LogP contribution is 2.24. The van der Waals surface area contributed by atoms with E-state index in [0.29, 0.717) is 6.61 Å². The zero-order chi connectivity index (χ0) is 9.42. The summed E-state index contributed by atoms with van der Waals surface area (Å²) in [7, 11) is 0. The third-order valence-electron chi connectivity index (χ3n) is 2.24. The van der Waals surface area contributed by atoms with Crippen molar-refractivity contribution in [3.8, 4) is 0 Å². The van der Waals surface area contributed by atoms with Crippen LogP contribution in [-0.2, 0) is 11.2 Å². The van der Waals surface area contributed by atoms with E-state index in [1.165, 1.54) is 9.13 Å². The smallest absolute Gasteiger partial charge is 0.338 e. The van der Waals surface area contributed by atoms with E-state index in [2.05, 4.69) is 29.5 Å². The van der Waals surface area contributed by atoms with Crippen molar-refractivity contribution in [2.75, 3.05) is 6.61 Å². The average Bonchev–Trinajstić information content (AvgIpc) is 2.12. The van der Waals surface area contributed by atoms with Crippen LogP contribution in [0.3, 0.4) is 0 Å². The van der Waals surface area contributed by atoms with Crippen LogP contribution < -0.4 is 0 Å². The van der Waals surface area contributed by atoms with Gasteiger partial charge in [0.2, 0.25) is 0 Å². The maximum atomic E-state index is 11.3. The van der Waals surface area contributed by atoms with E-state index in [4.69, 9.17) is 4.74 Å². The van der Waals surface area contributed by atoms with E-state index in [1.807, 2.05) is 12.1 Å². The summed E-state index contributed by atoms with van der Waals surface area (Å²) in [6, 6.07) is 3.82. The SMILES string of the molecule is Cc1ccc2c(c1I)CCOC2=O. The molecule has 1 aromatic carbocycles. The van der Waals surface area contributed by atoms with E-state index in [9.17, 15) is 4.79 Å². The summed E-state index contributed by atoms with van der Waals surface area (Å²) in [6.07, 6.45) is 0.848. The Kier molecular flexibility index (Phi) is 2.27. The van der Waals surface area contributed by atoms with E-state index < -0.39 is 0 Å². The molecule has 2 nitrogen and oxygen atoms in total. The van der Waals surface area contributed by atoms with Crippen molar-refractivity contribution in [3.63, 3.8) is 0 Å². The molecule has 1 heterocycles. The third-order valence-corrected chi connectivity index (χ3v) is 3.74. The summed E-state index contributed by atoms with van der Waals surface area (Å²) in [5.74, 6) is -0.181. The molecule has 0 amide bonds. The van der Waals surface area contributed by atoms with Crippen LogP contribution in [-0.4, -0.2) is 12.6 Å². The Labute approximate surface area is 90.4 Å². The number of aryl methyl sites for hydroxylation is 1. The van der Waals surface area contributed by atoms with Gasteiger partial charge in [0.15, 0.2) is 0 Å². The van der Waals surface area contributed by atoms with Crippen molar-refractivity contribution < 1.29 is 9.53 Å². The fraction of sp³-hybridized carbons (Fsp3) is 0.300. The van der Waals surface area contributed by atoms with Gasteiger partial charge in [-0.15, -0.1) is 0 Å². The zero-order valence-electron chi connectivity index (χ0n) is 7.26. The Balaban J connectivity index is 2.63. The topological polar surface area (TPSA) is 26.3 Å². The summed E-state index contributed by atoms with van der Waals surface area (Å²) < 4.78 is 6.16. The van der Waals surface area contributed by atoms with Gasteiger partial charge in [0.1, 0.15) is 0 Å². The molecule has 13 heavy (non-hydrogen) atoms. The molecule has 0 aromatic heterocycles. The minimum Gasteiger partial charge on any atom is -0.462 e. The molecular formula is C10H9IO2. The predicted molar refractivity (Wildman–Crippen MR) is 57.9 cm³/mol. The van der Waals surface area contributed by atoms with Crippen LogP contribution >= 0.6 is 22.6 Å². The van der Waals surface area contributed by atoms with Crippen LogP contribution in [0, 0.1) is 10.5 Å². The van der Waals surface area contributed by atoms with E-state index in [1.54, 1.807) is 0 Å². The highest BCUT2D eigenvalue weighted by Gasteiger charge is 2.20. The predicted octanol–water partition coefficient (Wildman–Crippen LogP) is 2.31. The number of hydrogen-bond donors (Lipinski definition) is 0. The second-order valence-corrected chi connectivity index (χ2v) is 4.19. The van der Waals surface area contributed by atoms with Crippen LogP contribution in [0.5, 0.6) is 0 Å². The lowest BCUT2D eigenvalue weighted by Crippen LogP contribution is -2.19. The van der Waals surface area contributed by atoms with E-state index in [0.717, 1.165) is 17.5 Å². The molecule has 0 saturated carbocycles. The Bertz CT molecular complexity index is 371. The van der Waals surface area contributed by atoms with Gasteiger partial charge in [0, 0.05) is 9.99 Å². The van der Waals surface area contributed by atoms with Crippen molar-refractivity contribution in [1.29, 1.82) is 0 Å². The summed E-state index contributed by atoms with van der Waals surface area (Å²) in [5, 5.41) is 0. The first-order valence-corrected chi connectivity index (χ1v) is 5.23. The molecular weight excluding hydrogens is 279 g/mol. The fourth-order valence-electron chi connectivity index (χ4n) is 1.50.